The molecule has 0 radical (unpaired) electrons. The molecular formula is C23H23NO6. The molecule has 0 atom stereocenters. The molecule has 7 nitrogen and oxygen atoms in total. The van der Waals surface area contributed by atoms with Crippen LogP contribution in [0, 0.1) is 0 Å². The van der Waals surface area contributed by atoms with Gasteiger partial charge in [0.05, 0.1) is 32.0 Å². The van der Waals surface area contributed by atoms with Crippen molar-refractivity contribution in [2.24, 2.45) is 0 Å². The highest BCUT2D eigenvalue weighted by atomic mass is 16.5. The summed E-state index contributed by atoms with van der Waals surface area (Å²) in [7, 11) is 2.99. The first-order chi connectivity index (χ1) is 14.4. The number of methoxy groups -OCH3 is 2. The number of phenolic OH excluding ortho intramolecular Hbond substituents is 1. The Morgan fingerprint density at radius 1 is 1.10 bits per heavy atom. The molecule has 0 fully saturated rings. The van der Waals surface area contributed by atoms with Crippen molar-refractivity contribution in [3.8, 4) is 17.2 Å². The summed E-state index contributed by atoms with van der Waals surface area (Å²) < 4.78 is 15.5. The van der Waals surface area contributed by atoms with E-state index >= 15 is 0 Å². The molecule has 0 saturated heterocycles. The lowest BCUT2D eigenvalue weighted by Crippen LogP contribution is -2.24. The number of rotatable bonds is 6. The Bertz CT molecular complexity index is 1040. The normalized spacial score (nSPS) is 15.0. The van der Waals surface area contributed by atoms with Gasteiger partial charge in [-0.3, -0.25) is 9.69 Å². The van der Waals surface area contributed by atoms with Crippen molar-refractivity contribution >= 4 is 23.6 Å². The van der Waals surface area contributed by atoms with E-state index in [1.807, 2.05) is 0 Å². The molecule has 0 saturated carbocycles. The van der Waals surface area contributed by atoms with Crippen LogP contribution in [0.5, 0.6) is 17.2 Å². The summed E-state index contributed by atoms with van der Waals surface area (Å²) in [4.78, 5) is 27.4. The molecule has 0 aromatic heterocycles. The van der Waals surface area contributed by atoms with E-state index < -0.39 is 11.9 Å². The lowest BCUT2D eigenvalue weighted by Gasteiger charge is -2.18. The van der Waals surface area contributed by atoms with Crippen molar-refractivity contribution < 1.29 is 28.9 Å². The molecule has 1 amide bonds. The average Bonchev–Trinajstić information content (AvgIpc) is 2.99. The number of carbonyl (C=O) groups is 2. The maximum atomic E-state index is 13.3. The van der Waals surface area contributed by atoms with Crippen LogP contribution in [0.15, 0.2) is 59.3 Å². The second kappa shape index (κ2) is 8.73. The van der Waals surface area contributed by atoms with Crippen LogP contribution in [-0.4, -0.2) is 37.8 Å². The minimum atomic E-state index is -0.604. The lowest BCUT2D eigenvalue weighted by atomic mass is 10.0. The van der Waals surface area contributed by atoms with Gasteiger partial charge in [0.1, 0.15) is 5.75 Å². The predicted octanol–water partition coefficient (Wildman–Crippen LogP) is 3.68. The molecule has 2 aromatic rings. The van der Waals surface area contributed by atoms with E-state index in [4.69, 9.17) is 14.2 Å². The van der Waals surface area contributed by atoms with E-state index in [0.717, 1.165) is 0 Å². The van der Waals surface area contributed by atoms with Crippen molar-refractivity contribution in [2.75, 3.05) is 25.7 Å². The van der Waals surface area contributed by atoms with Crippen LogP contribution >= 0.6 is 0 Å². The second-order valence-corrected chi connectivity index (χ2v) is 6.48. The highest BCUT2D eigenvalue weighted by Gasteiger charge is 2.38. The fraction of sp³-hybridized carbons (Fsp3) is 0.217. The smallest absolute Gasteiger partial charge is 0.340 e. The summed E-state index contributed by atoms with van der Waals surface area (Å²) in [6.07, 6.45) is 1.47. The number of carbonyl (C=O) groups excluding carboxylic acids is 2. The van der Waals surface area contributed by atoms with Crippen LogP contribution in [-0.2, 0) is 14.3 Å². The van der Waals surface area contributed by atoms with Crippen molar-refractivity contribution in [3.63, 3.8) is 0 Å². The molecule has 1 aliphatic rings. The SMILES string of the molecule is CCOC(=O)C1=C(C)N(c2ccc(OC)cc2)C(=O)C1=Cc1cccc(OC)c1O. The molecule has 30 heavy (non-hydrogen) atoms. The monoisotopic (exact) mass is 409 g/mol. The number of aromatic hydroxyl groups is 1. The molecule has 0 spiro atoms. The number of esters is 1. The summed E-state index contributed by atoms with van der Waals surface area (Å²) in [6.45, 7) is 3.55. The average molecular weight is 409 g/mol. The molecular weight excluding hydrogens is 386 g/mol. The third-order valence-electron chi connectivity index (χ3n) is 4.76. The molecule has 1 N–H and O–H groups in total. The van der Waals surface area contributed by atoms with Crippen LogP contribution in [0.1, 0.15) is 19.4 Å². The van der Waals surface area contributed by atoms with Gasteiger partial charge in [0.25, 0.3) is 5.91 Å². The molecule has 0 unspecified atom stereocenters. The number of phenols is 1. The Morgan fingerprint density at radius 3 is 2.40 bits per heavy atom. The zero-order chi connectivity index (χ0) is 21.8. The molecule has 1 aliphatic heterocycles. The first kappa shape index (κ1) is 21.0. The van der Waals surface area contributed by atoms with E-state index in [2.05, 4.69) is 0 Å². The summed E-state index contributed by atoms with van der Waals surface area (Å²) in [5.41, 5.74) is 1.66. The van der Waals surface area contributed by atoms with Gasteiger partial charge >= 0.3 is 5.97 Å². The second-order valence-electron chi connectivity index (χ2n) is 6.48. The van der Waals surface area contributed by atoms with Crippen molar-refractivity contribution in [1.29, 1.82) is 0 Å². The number of hydrogen-bond donors (Lipinski definition) is 1. The molecule has 0 aliphatic carbocycles. The first-order valence-corrected chi connectivity index (χ1v) is 9.37. The summed E-state index contributed by atoms with van der Waals surface area (Å²) >= 11 is 0. The number of hydrogen-bond acceptors (Lipinski definition) is 6. The standard InChI is InChI=1S/C23H23NO6/c1-5-30-23(27)20-14(2)24(16-9-11-17(28-3)12-10-16)22(26)18(20)13-15-7-6-8-19(29-4)21(15)25/h6-13,25H,5H2,1-4H3. The predicted molar refractivity (Wildman–Crippen MR) is 112 cm³/mol. The number of amides is 1. The van der Waals surface area contributed by atoms with Gasteiger partial charge in [-0.15, -0.1) is 0 Å². The zero-order valence-corrected chi connectivity index (χ0v) is 17.3. The third kappa shape index (κ3) is 3.74. The number of ether oxygens (including phenoxy) is 3. The summed E-state index contributed by atoms with van der Waals surface area (Å²) in [5, 5.41) is 10.4. The fourth-order valence-electron chi connectivity index (χ4n) is 3.30. The zero-order valence-electron chi connectivity index (χ0n) is 17.3. The minimum Gasteiger partial charge on any atom is -0.504 e. The highest BCUT2D eigenvalue weighted by molar-refractivity contribution is 6.24. The van der Waals surface area contributed by atoms with Gasteiger partial charge in [-0.25, -0.2) is 4.79 Å². The van der Waals surface area contributed by atoms with Gasteiger partial charge < -0.3 is 19.3 Å². The molecule has 3 rings (SSSR count). The number of para-hydroxylation sites is 1. The number of benzene rings is 2. The molecule has 7 heteroatoms. The Balaban J connectivity index is 2.14. The van der Waals surface area contributed by atoms with E-state index in [1.54, 1.807) is 63.4 Å². The first-order valence-electron chi connectivity index (χ1n) is 9.37. The Hall–Kier alpha value is -3.74. The van der Waals surface area contributed by atoms with Crippen LogP contribution in [0.3, 0.4) is 0 Å². The molecule has 0 bridgehead atoms. The van der Waals surface area contributed by atoms with Crippen molar-refractivity contribution in [3.05, 3.63) is 64.9 Å². The summed E-state index contributed by atoms with van der Waals surface area (Å²) in [6, 6.07) is 11.8. The van der Waals surface area contributed by atoms with E-state index in [0.29, 0.717) is 22.7 Å². The highest BCUT2D eigenvalue weighted by Crippen LogP contribution is 2.38. The molecule has 156 valence electrons. The minimum absolute atomic E-state index is 0.121. The Labute approximate surface area is 174 Å². The molecule has 2 aromatic carbocycles. The van der Waals surface area contributed by atoms with Crippen LogP contribution in [0.25, 0.3) is 6.08 Å². The Morgan fingerprint density at radius 2 is 1.80 bits per heavy atom. The topological polar surface area (TPSA) is 85.3 Å². The van der Waals surface area contributed by atoms with Gasteiger partial charge in [-0.1, -0.05) is 12.1 Å². The van der Waals surface area contributed by atoms with E-state index in [1.165, 1.54) is 18.1 Å². The van der Waals surface area contributed by atoms with Crippen molar-refractivity contribution in [2.45, 2.75) is 13.8 Å². The van der Waals surface area contributed by atoms with Gasteiger partial charge in [0, 0.05) is 16.9 Å². The van der Waals surface area contributed by atoms with Crippen molar-refractivity contribution in [1.82, 2.24) is 0 Å². The van der Waals surface area contributed by atoms with Crippen LogP contribution in [0.2, 0.25) is 0 Å². The maximum Gasteiger partial charge on any atom is 0.340 e. The van der Waals surface area contributed by atoms with Gasteiger partial charge in [0.15, 0.2) is 11.5 Å². The Kier molecular flexibility index (Phi) is 6.11. The van der Waals surface area contributed by atoms with Gasteiger partial charge in [-0.05, 0) is 50.3 Å². The van der Waals surface area contributed by atoms with Crippen LogP contribution in [0.4, 0.5) is 5.69 Å². The summed E-state index contributed by atoms with van der Waals surface area (Å²) in [5.74, 6) is -0.213. The van der Waals surface area contributed by atoms with Crippen LogP contribution < -0.4 is 14.4 Å². The van der Waals surface area contributed by atoms with Gasteiger partial charge in [-0.2, -0.15) is 0 Å². The van der Waals surface area contributed by atoms with E-state index in [-0.39, 0.29) is 29.3 Å². The number of allylic oxidation sites excluding steroid dienone is 1. The molecule has 1 heterocycles. The quantitative estimate of drug-likeness (QED) is 0.579. The van der Waals surface area contributed by atoms with E-state index in [9.17, 15) is 14.7 Å². The van der Waals surface area contributed by atoms with Gasteiger partial charge in [0.2, 0.25) is 0 Å². The maximum absolute atomic E-state index is 13.3. The lowest BCUT2D eigenvalue weighted by molar-refractivity contribution is -0.138. The third-order valence-corrected chi connectivity index (χ3v) is 4.76. The largest absolute Gasteiger partial charge is 0.504 e. The number of anilines is 1. The number of nitrogens with zero attached hydrogens (tertiary/aromatic N) is 1. The fourth-order valence-corrected chi connectivity index (χ4v) is 3.30.